The minimum atomic E-state index is -0.325. The van der Waals surface area contributed by atoms with Gasteiger partial charge < -0.3 is 10.2 Å². The zero-order valence-electron chi connectivity index (χ0n) is 14.5. The number of aliphatic hydroxyl groups excluding tert-OH is 2. The highest BCUT2D eigenvalue weighted by Gasteiger charge is 2.28. The van der Waals surface area contributed by atoms with Gasteiger partial charge in [0.15, 0.2) is 0 Å². The summed E-state index contributed by atoms with van der Waals surface area (Å²) in [6.45, 7) is 0.149. The SMILES string of the molecule is CSc1ccc(Cc2cc([C@H]3C[C@@H](O)C[C@@H](CO)C3)ccc2Cl)cc1. The molecule has 1 aliphatic rings. The van der Waals surface area contributed by atoms with E-state index in [0.29, 0.717) is 6.42 Å². The summed E-state index contributed by atoms with van der Waals surface area (Å²) in [6, 6.07) is 14.8. The standard InChI is InChI=1S/C21H25ClO2S/c1-25-20-5-2-14(3-6-20)8-18-11-16(4-7-21(18)22)17-9-15(13-23)10-19(24)12-17/h2-7,11,15,17,19,23-24H,8-10,12-13H2,1H3/t15-,17+,19-/m0/s1. The number of benzene rings is 2. The van der Waals surface area contributed by atoms with Crippen molar-refractivity contribution in [2.24, 2.45) is 5.92 Å². The van der Waals surface area contributed by atoms with Gasteiger partial charge in [-0.25, -0.2) is 0 Å². The van der Waals surface area contributed by atoms with E-state index in [-0.39, 0.29) is 24.5 Å². The zero-order valence-corrected chi connectivity index (χ0v) is 16.1. The van der Waals surface area contributed by atoms with Gasteiger partial charge in [-0.15, -0.1) is 11.8 Å². The molecule has 0 radical (unpaired) electrons. The van der Waals surface area contributed by atoms with Gasteiger partial charge in [0.05, 0.1) is 6.10 Å². The Bertz CT molecular complexity index is 702. The van der Waals surface area contributed by atoms with E-state index in [0.717, 1.165) is 29.8 Å². The maximum Gasteiger partial charge on any atom is 0.0549 e. The van der Waals surface area contributed by atoms with E-state index in [4.69, 9.17) is 11.6 Å². The molecular weight excluding hydrogens is 352 g/mol. The molecule has 0 amide bonds. The van der Waals surface area contributed by atoms with Gasteiger partial charge in [0.1, 0.15) is 0 Å². The first-order valence-corrected chi connectivity index (χ1v) is 10.4. The first-order chi connectivity index (χ1) is 12.1. The molecule has 1 aliphatic carbocycles. The fraction of sp³-hybridized carbons (Fsp3) is 0.429. The number of aliphatic hydroxyl groups is 2. The van der Waals surface area contributed by atoms with Crippen LogP contribution in [0.1, 0.15) is 41.9 Å². The van der Waals surface area contributed by atoms with Gasteiger partial charge in [0.2, 0.25) is 0 Å². The number of halogens is 1. The van der Waals surface area contributed by atoms with E-state index < -0.39 is 0 Å². The van der Waals surface area contributed by atoms with E-state index in [1.165, 1.54) is 16.0 Å². The molecule has 0 unspecified atom stereocenters. The van der Waals surface area contributed by atoms with Crippen LogP contribution in [0.2, 0.25) is 5.02 Å². The summed E-state index contributed by atoms with van der Waals surface area (Å²) >= 11 is 8.18. The molecule has 0 aromatic heterocycles. The molecule has 0 heterocycles. The average Bonchev–Trinajstić information content (AvgIpc) is 2.63. The van der Waals surface area contributed by atoms with Gasteiger partial charge in [-0.1, -0.05) is 35.9 Å². The Morgan fingerprint density at radius 1 is 1.08 bits per heavy atom. The molecule has 3 atom stereocenters. The van der Waals surface area contributed by atoms with Crippen molar-refractivity contribution in [3.63, 3.8) is 0 Å². The molecule has 4 heteroatoms. The molecule has 2 nitrogen and oxygen atoms in total. The van der Waals surface area contributed by atoms with Crippen molar-refractivity contribution in [3.05, 3.63) is 64.2 Å². The summed E-state index contributed by atoms with van der Waals surface area (Å²) in [4.78, 5) is 1.26. The highest BCUT2D eigenvalue weighted by molar-refractivity contribution is 7.98. The zero-order chi connectivity index (χ0) is 17.8. The molecule has 2 aromatic rings. The predicted octanol–water partition coefficient (Wildman–Crippen LogP) is 4.89. The summed E-state index contributed by atoms with van der Waals surface area (Å²) in [5.74, 6) is 0.475. The Balaban J connectivity index is 1.79. The third-order valence-corrected chi connectivity index (χ3v) is 6.25. The van der Waals surface area contributed by atoms with Gasteiger partial charge in [-0.2, -0.15) is 0 Å². The van der Waals surface area contributed by atoms with Crippen LogP contribution in [-0.4, -0.2) is 29.2 Å². The molecule has 0 spiro atoms. The van der Waals surface area contributed by atoms with Crippen LogP contribution in [0.5, 0.6) is 0 Å². The molecule has 25 heavy (non-hydrogen) atoms. The van der Waals surface area contributed by atoms with Gasteiger partial charge in [-0.05, 0) is 78.7 Å². The van der Waals surface area contributed by atoms with E-state index in [9.17, 15) is 10.2 Å². The molecule has 1 fully saturated rings. The Kier molecular flexibility index (Phi) is 6.45. The third-order valence-electron chi connectivity index (χ3n) is 5.13. The smallest absolute Gasteiger partial charge is 0.0549 e. The minimum Gasteiger partial charge on any atom is -0.396 e. The van der Waals surface area contributed by atoms with Crippen LogP contribution >= 0.6 is 23.4 Å². The maximum absolute atomic E-state index is 10.1. The largest absolute Gasteiger partial charge is 0.396 e. The lowest BCUT2D eigenvalue weighted by atomic mass is 9.76. The third kappa shape index (κ3) is 4.79. The molecule has 0 aliphatic heterocycles. The lowest BCUT2D eigenvalue weighted by molar-refractivity contribution is 0.0650. The summed E-state index contributed by atoms with van der Waals surface area (Å²) in [5.41, 5.74) is 3.59. The molecule has 2 aromatic carbocycles. The number of hydrogen-bond acceptors (Lipinski definition) is 3. The Morgan fingerprint density at radius 3 is 2.52 bits per heavy atom. The van der Waals surface area contributed by atoms with Crippen molar-refractivity contribution in [2.75, 3.05) is 12.9 Å². The van der Waals surface area contributed by atoms with Gasteiger partial charge >= 0.3 is 0 Å². The molecule has 0 bridgehead atoms. The van der Waals surface area contributed by atoms with Crippen molar-refractivity contribution < 1.29 is 10.2 Å². The van der Waals surface area contributed by atoms with Crippen LogP contribution in [0, 0.1) is 5.92 Å². The second kappa shape index (κ2) is 8.59. The average molecular weight is 377 g/mol. The molecule has 3 rings (SSSR count). The van der Waals surface area contributed by atoms with E-state index in [1.807, 2.05) is 6.07 Å². The second-order valence-electron chi connectivity index (χ2n) is 6.98. The maximum atomic E-state index is 10.1. The van der Waals surface area contributed by atoms with Crippen molar-refractivity contribution in [2.45, 2.75) is 42.6 Å². The van der Waals surface area contributed by atoms with E-state index in [1.54, 1.807) is 11.8 Å². The molecule has 1 saturated carbocycles. The fourth-order valence-electron chi connectivity index (χ4n) is 3.77. The quantitative estimate of drug-likeness (QED) is 0.730. The normalized spacial score (nSPS) is 23.6. The summed E-state index contributed by atoms with van der Waals surface area (Å²) in [7, 11) is 0. The van der Waals surface area contributed by atoms with Crippen LogP contribution < -0.4 is 0 Å². The Morgan fingerprint density at radius 2 is 1.84 bits per heavy atom. The number of thioether (sulfide) groups is 1. The minimum absolute atomic E-state index is 0.149. The predicted molar refractivity (Wildman–Crippen MR) is 106 cm³/mol. The summed E-state index contributed by atoms with van der Waals surface area (Å²) in [6.07, 6.45) is 4.95. The van der Waals surface area contributed by atoms with Gasteiger partial charge in [0.25, 0.3) is 0 Å². The first kappa shape index (κ1) is 18.8. The fourth-order valence-corrected chi connectivity index (χ4v) is 4.37. The Hall–Kier alpha value is -1.00. The van der Waals surface area contributed by atoms with Crippen LogP contribution in [-0.2, 0) is 6.42 Å². The van der Waals surface area contributed by atoms with Crippen LogP contribution in [0.25, 0.3) is 0 Å². The summed E-state index contributed by atoms with van der Waals surface area (Å²) < 4.78 is 0. The van der Waals surface area contributed by atoms with Crippen molar-refractivity contribution in [3.8, 4) is 0 Å². The highest BCUT2D eigenvalue weighted by Crippen LogP contribution is 2.37. The summed E-state index contributed by atoms with van der Waals surface area (Å²) in [5, 5.41) is 20.4. The molecule has 2 N–H and O–H groups in total. The van der Waals surface area contributed by atoms with Crippen LogP contribution in [0.15, 0.2) is 47.4 Å². The van der Waals surface area contributed by atoms with E-state index >= 15 is 0 Å². The van der Waals surface area contributed by atoms with Crippen LogP contribution in [0.3, 0.4) is 0 Å². The molecular formula is C21H25ClO2S. The highest BCUT2D eigenvalue weighted by atomic mass is 35.5. The second-order valence-corrected chi connectivity index (χ2v) is 8.27. The van der Waals surface area contributed by atoms with Gasteiger partial charge in [-0.3, -0.25) is 0 Å². The van der Waals surface area contributed by atoms with Crippen molar-refractivity contribution >= 4 is 23.4 Å². The molecule has 0 saturated heterocycles. The monoisotopic (exact) mass is 376 g/mol. The molecule has 134 valence electrons. The number of rotatable bonds is 5. The number of hydrogen-bond donors (Lipinski definition) is 2. The lowest BCUT2D eigenvalue weighted by Crippen LogP contribution is -2.27. The van der Waals surface area contributed by atoms with Crippen LogP contribution in [0.4, 0.5) is 0 Å². The Labute approximate surface area is 159 Å². The topological polar surface area (TPSA) is 40.5 Å². The van der Waals surface area contributed by atoms with E-state index in [2.05, 4.69) is 42.7 Å². The van der Waals surface area contributed by atoms with Crippen molar-refractivity contribution in [1.29, 1.82) is 0 Å². The lowest BCUT2D eigenvalue weighted by Gasteiger charge is -2.32. The van der Waals surface area contributed by atoms with Crippen molar-refractivity contribution in [1.82, 2.24) is 0 Å². The van der Waals surface area contributed by atoms with Gasteiger partial charge in [0, 0.05) is 16.5 Å². The first-order valence-electron chi connectivity index (χ1n) is 8.79.